The molecule has 116 valence electrons. The highest BCUT2D eigenvalue weighted by Gasteiger charge is 2.19. The van der Waals surface area contributed by atoms with Gasteiger partial charge in [0.2, 0.25) is 0 Å². The lowest BCUT2D eigenvalue weighted by molar-refractivity contribution is 0.115. The second-order valence-corrected chi connectivity index (χ2v) is 4.63. The lowest BCUT2D eigenvalue weighted by Crippen LogP contribution is -2.30. The Kier molecular flexibility index (Phi) is 5.38. The first-order valence-electron chi connectivity index (χ1n) is 6.86. The number of carbonyl (C=O) groups excluding carboxylic acids is 1. The number of amides is 1. The second kappa shape index (κ2) is 7.47. The van der Waals surface area contributed by atoms with Gasteiger partial charge in [-0.2, -0.15) is 5.06 Å². The standard InChI is InChI=1S/C17H19NO4/c1-13-8-4-7-11-16(13)22-12-14-9-5-6-10-15(14)18(21-3)17(19)20-2/h4-11H,12H2,1-3H3. The highest BCUT2D eigenvalue weighted by molar-refractivity contribution is 5.86. The molecule has 0 aliphatic rings. The molecule has 5 heteroatoms. The molecule has 5 nitrogen and oxygen atoms in total. The molecule has 0 fully saturated rings. The molecule has 0 N–H and O–H groups in total. The van der Waals surface area contributed by atoms with E-state index < -0.39 is 6.09 Å². The molecule has 2 aromatic carbocycles. The van der Waals surface area contributed by atoms with Gasteiger partial charge in [-0.05, 0) is 24.6 Å². The fourth-order valence-corrected chi connectivity index (χ4v) is 2.06. The summed E-state index contributed by atoms with van der Waals surface area (Å²) >= 11 is 0. The van der Waals surface area contributed by atoms with Crippen LogP contribution < -0.4 is 9.80 Å². The average molecular weight is 301 g/mol. The number of hydroxylamine groups is 1. The minimum absolute atomic E-state index is 0.317. The quantitative estimate of drug-likeness (QED) is 0.790. The van der Waals surface area contributed by atoms with Gasteiger partial charge in [0.25, 0.3) is 0 Å². The fraction of sp³-hybridized carbons (Fsp3) is 0.235. The molecule has 0 saturated carbocycles. The summed E-state index contributed by atoms with van der Waals surface area (Å²) in [5.41, 5.74) is 2.46. The fourth-order valence-electron chi connectivity index (χ4n) is 2.06. The summed E-state index contributed by atoms with van der Waals surface area (Å²) in [5.74, 6) is 0.805. The first kappa shape index (κ1) is 15.9. The monoisotopic (exact) mass is 301 g/mol. The molecule has 0 bridgehead atoms. The molecule has 0 aromatic heterocycles. The number of methoxy groups -OCH3 is 1. The molecule has 2 aromatic rings. The summed E-state index contributed by atoms with van der Waals surface area (Å²) in [5, 5.41) is 1.09. The molecule has 2 rings (SSSR count). The normalized spacial score (nSPS) is 10.1. The number of rotatable bonds is 5. The van der Waals surface area contributed by atoms with Crippen molar-refractivity contribution in [1.29, 1.82) is 0 Å². The Morgan fingerprint density at radius 3 is 2.41 bits per heavy atom. The summed E-state index contributed by atoms with van der Waals surface area (Å²) in [4.78, 5) is 16.9. The van der Waals surface area contributed by atoms with Crippen molar-refractivity contribution in [2.45, 2.75) is 13.5 Å². The van der Waals surface area contributed by atoms with E-state index in [0.717, 1.165) is 21.9 Å². The minimum atomic E-state index is -0.592. The van der Waals surface area contributed by atoms with E-state index in [9.17, 15) is 4.79 Å². The maximum absolute atomic E-state index is 11.8. The lowest BCUT2D eigenvalue weighted by atomic mass is 10.2. The molecule has 0 aliphatic carbocycles. The Balaban J connectivity index is 2.21. The van der Waals surface area contributed by atoms with Gasteiger partial charge in [-0.15, -0.1) is 0 Å². The Labute approximate surface area is 130 Å². The van der Waals surface area contributed by atoms with Crippen LogP contribution in [-0.2, 0) is 16.2 Å². The van der Waals surface area contributed by atoms with Gasteiger partial charge >= 0.3 is 6.09 Å². The molecule has 0 heterocycles. The van der Waals surface area contributed by atoms with Gasteiger partial charge in [0.05, 0.1) is 19.9 Å². The van der Waals surface area contributed by atoms with Gasteiger partial charge in [0.1, 0.15) is 12.4 Å². The van der Waals surface area contributed by atoms with Gasteiger partial charge in [-0.25, -0.2) is 4.79 Å². The van der Waals surface area contributed by atoms with Crippen LogP contribution in [0.3, 0.4) is 0 Å². The summed E-state index contributed by atoms with van der Waals surface area (Å²) in [7, 11) is 2.72. The molecular weight excluding hydrogens is 282 g/mol. The Morgan fingerprint density at radius 1 is 1.05 bits per heavy atom. The highest BCUT2D eigenvalue weighted by Crippen LogP contribution is 2.24. The predicted molar refractivity (Wildman–Crippen MR) is 83.8 cm³/mol. The first-order chi connectivity index (χ1) is 10.7. The lowest BCUT2D eigenvalue weighted by Gasteiger charge is -2.21. The summed E-state index contributed by atoms with van der Waals surface area (Å²) < 4.78 is 10.6. The first-order valence-corrected chi connectivity index (χ1v) is 6.86. The van der Waals surface area contributed by atoms with E-state index in [-0.39, 0.29) is 0 Å². The van der Waals surface area contributed by atoms with Crippen LogP contribution in [0.5, 0.6) is 5.75 Å². The van der Waals surface area contributed by atoms with Crippen molar-refractivity contribution >= 4 is 11.8 Å². The number of hydrogen-bond acceptors (Lipinski definition) is 4. The summed E-state index contributed by atoms with van der Waals surface area (Å²) in [6.45, 7) is 2.30. The Bertz CT molecular complexity index is 642. The van der Waals surface area contributed by atoms with Gasteiger partial charge in [-0.3, -0.25) is 4.84 Å². The largest absolute Gasteiger partial charge is 0.489 e. The van der Waals surface area contributed by atoms with Gasteiger partial charge in [0.15, 0.2) is 0 Å². The van der Waals surface area contributed by atoms with Gasteiger partial charge in [-0.1, -0.05) is 36.4 Å². The van der Waals surface area contributed by atoms with Crippen LogP contribution in [0.1, 0.15) is 11.1 Å². The van der Waals surface area contributed by atoms with Crippen molar-refractivity contribution in [3.63, 3.8) is 0 Å². The maximum Gasteiger partial charge on any atom is 0.438 e. The van der Waals surface area contributed by atoms with Crippen molar-refractivity contribution < 1.29 is 19.1 Å². The average Bonchev–Trinajstić information content (AvgIpc) is 2.55. The molecule has 0 spiro atoms. The van der Waals surface area contributed by atoms with Gasteiger partial charge in [0, 0.05) is 5.56 Å². The number of anilines is 1. The number of aryl methyl sites for hydroxylation is 1. The maximum atomic E-state index is 11.8. The van der Waals surface area contributed by atoms with E-state index in [1.54, 1.807) is 6.07 Å². The van der Waals surface area contributed by atoms with E-state index in [2.05, 4.69) is 0 Å². The van der Waals surface area contributed by atoms with Crippen molar-refractivity contribution in [2.75, 3.05) is 19.3 Å². The molecule has 0 unspecified atom stereocenters. The number of nitrogens with zero attached hydrogens (tertiary/aromatic N) is 1. The molecule has 22 heavy (non-hydrogen) atoms. The molecule has 0 aliphatic heterocycles. The van der Waals surface area contributed by atoms with Crippen LogP contribution in [0, 0.1) is 6.92 Å². The van der Waals surface area contributed by atoms with Crippen LogP contribution >= 0.6 is 0 Å². The highest BCUT2D eigenvalue weighted by atomic mass is 16.7. The van der Waals surface area contributed by atoms with Gasteiger partial charge < -0.3 is 9.47 Å². The van der Waals surface area contributed by atoms with E-state index >= 15 is 0 Å². The molecular formula is C17H19NO4. The second-order valence-electron chi connectivity index (χ2n) is 4.63. The topological polar surface area (TPSA) is 48.0 Å². The van der Waals surface area contributed by atoms with Crippen molar-refractivity contribution in [3.05, 3.63) is 59.7 Å². The van der Waals surface area contributed by atoms with Crippen LogP contribution in [0.2, 0.25) is 0 Å². The van der Waals surface area contributed by atoms with E-state index in [1.165, 1.54) is 14.2 Å². The zero-order valence-electron chi connectivity index (χ0n) is 12.9. The third-order valence-electron chi connectivity index (χ3n) is 3.21. The SMILES string of the molecule is COC(=O)N(OC)c1ccccc1COc1ccccc1C. The number of benzene rings is 2. The minimum Gasteiger partial charge on any atom is -0.489 e. The van der Waals surface area contributed by atoms with Crippen LogP contribution in [0.15, 0.2) is 48.5 Å². The predicted octanol–water partition coefficient (Wildman–Crippen LogP) is 3.71. The number of carbonyl (C=O) groups is 1. The number of ether oxygens (including phenoxy) is 2. The zero-order valence-corrected chi connectivity index (χ0v) is 12.9. The molecule has 0 atom stereocenters. The Morgan fingerprint density at radius 2 is 1.73 bits per heavy atom. The third-order valence-corrected chi connectivity index (χ3v) is 3.21. The zero-order chi connectivity index (χ0) is 15.9. The van der Waals surface area contributed by atoms with E-state index in [4.69, 9.17) is 14.3 Å². The van der Waals surface area contributed by atoms with E-state index in [1.807, 2.05) is 49.4 Å². The number of hydrogen-bond donors (Lipinski definition) is 0. The molecule has 0 saturated heterocycles. The van der Waals surface area contributed by atoms with Crippen LogP contribution in [-0.4, -0.2) is 20.3 Å². The van der Waals surface area contributed by atoms with E-state index in [0.29, 0.717) is 12.3 Å². The van der Waals surface area contributed by atoms with Crippen molar-refractivity contribution in [3.8, 4) is 5.75 Å². The molecule has 0 radical (unpaired) electrons. The summed E-state index contributed by atoms with van der Waals surface area (Å²) in [6, 6.07) is 15.1. The number of para-hydroxylation sites is 2. The smallest absolute Gasteiger partial charge is 0.438 e. The van der Waals surface area contributed by atoms with Crippen molar-refractivity contribution in [1.82, 2.24) is 0 Å². The van der Waals surface area contributed by atoms with Crippen molar-refractivity contribution in [2.24, 2.45) is 0 Å². The third kappa shape index (κ3) is 3.56. The molecule has 1 amide bonds. The summed E-state index contributed by atoms with van der Waals surface area (Å²) in [6.07, 6.45) is -0.592. The Hall–Kier alpha value is -2.53. The van der Waals surface area contributed by atoms with Crippen LogP contribution in [0.4, 0.5) is 10.5 Å². The van der Waals surface area contributed by atoms with Crippen LogP contribution in [0.25, 0.3) is 0 Å².